The fourth-order valence-corrected chi connectivity index (χ4v) is 4.14. The summed E-state index contributed by atoms with van der Waals surface area (Å²) in [6.45, 7) is 2.95. The number of aromatic nitrogens is 4. The van der Waals surface area contributed by atoms with Crippen LogP contribution in [0.5, 0.6) is 0 Å². The SMILES string of the molecule is Cc1ccc(-c2nnnn2CC2CC3CCC2C3)cc1N. The van der Waals surface area contributed by atoms with E-state index in [1.165, 1.54) is 25.7 Å². The van der Waals surface area contributed by atoms with E-state index in [0.29, 0.717) is 0 Å². The number of nitrogens with zero attached hydrogens (tertiary/aromatic N) is 4. The van der Waals surface area contributed by atoms with Crippen molar-refractivity contribution in [1.29, 1.82) is 0 Å². The number of aryl methyl sites for hydroxylation is 1. The van der Waals surface area contributed by atoms with E-state index in [4.69, 9.17) is 5.73 Å². The van der Waals surface area contributed by atoms with E-state index >= 15 is 0 Å². The van der Waals surface area contributed by atoms with Crippen molar-refractivity contribution in [2.75, 3.05) is 5.73 Å². The molecule has 2 aliphatic carbocycles. The maximum Gasteiger partial charge on any atom is 0.182 e. The Labute approximate surface area is 124 Å². The van der Waals surface area contributed by atoms with Gasteiger partial charge in [0.25, 0.3) is 0 Å². The summed E-state index contributed by atoms with van der Waals surface area (Å²) in [5.74, 6) is 3.42. The van der Waals surface area contributed by atoms with Crippen LogP contribution >= 0.6 is 0 Å². The van der Waals surface area contributed by atoms with Crippen molar-refractivity contribution < 1.29 is 0 Å². The molecule has 2 fully saturated rings. The monoisotopic (exact) mass is 283 g/mol. The average molecular weight is 283 g/mol. The molecule has 5 nitrogen and oxygen atoms in total. The topological polar surface area (TPSA) is 69.6 Å². The van der Waals surface area contributed by atoms with Crippen molar-refractivity contribution in [3.63, 3.8) is 0 Å². The quantitative estimate of drug-likeness (QED) is 0.879. The molecule has 0 spiro atoms. The van der Waals surface area contributed by atoms with Crippen LogP contribution in [0.25, 0.3) is 11.4 Å². The largest absolute Gasteiger partial charge is 0.398 e. The van der Waals surface area contributed by atoms with Crippen LogP contribution in [0.2, 0.25) is 0 Å². The van der Waals surface area contributed by atoms with Crippen LogP contribution < -0.4 is 5.73 Å². The lowest BCUT2D eigenvalue weighted by atomic mass is 9.89. The first kappa shape index (κ1) is 12.8. The number of benzene rings is 1. The second kappa shape index (κ2) is 4.83. The molecule has 4 rings (SSSR count). The van der Waals surface area contributed by atoms with Gasteiger partial charge in [0.05, 0.1) is 0 Å². The minimum absolute atomic E-state index is 0.744. The number of tetrazole rings is 1. The molecule has 1 aromatic heterocycles. The zero-order chi connectivity index (χ0) is 14.4. The summed E-state index contributed by atoms with van der Waals surface area (Å²) in [7, 11) is 0. The summed E-state index contributed by atoms with van der Waals surface area (Å²) in [6, 6.07) is 6.05. The highest BCUT2D eigenvalue weighted by atomic mass is 15.5. The van der Waals surface area contributed by atoms with E-state index < -0.39 is 0 Å². The molecular weight excluding hydrogens is 262 g/mol. The Morgan fingerprint density at radius 1 is 1.29 bits per heavy atom. The average Bonchev–Trinajstić information content (AvgIpc) is 3.18. The maximum absolute atomic E-state index is 6.01. The van der Waals surface area contributed by atoms with Crippen molar-refractivity contribution in [2.45, 2.75) is 39.2 Å². The molecule has 0 aliphatic heterocycles. The summed E-state index contributed by atoms with van der Waals surface area (Å²) in [4.78, 5) is 0. The molecule has 2 N–H and O–H groups in total. The van der Waals surface area contributed by atoms with Gasteiger partial charge in [-0.15, -0.1) is 5.10 Å². The van der Waals surface area contributed by atoms with Crippen molar-refractivity contribution in [1.82, 2.24) is 20.2 Å². The predicted octanol–water partition coefficient (Wildman–Crippen LogP) is 2.67. The van der Waals surface area contributed by atoms with E-state index in [1.807, 2.05) is 23.7 Å². The van der Waals surface area contributed by atoms with Gasteiger partial charge in [-0.2, -0.15) is 0 Å². The zero-order valence-electron chi connectivity index (χ0n) is 12.4. The molecule has 1 heterocycles. The smallest absolute Gasteiger partial charge is 0.182 e. The number of hydrogen-bond acceptors (Lipinski definition) is 4. The molecule has 2 aromatic rings. The molecular formula is C16H21N5. The Kier molecular flexibility index (Phi) is 2.94. The van der Waals surface area contributed by atoms with E-state index in [0.717, 1.165) is 46.9 Å². The van der Waals surface area contributed by atoms with Crippen molar-refractivity contribution >= 4 is 5.69 Å². The number of fused-ring (bicyclic) bond motifs is 2. The van der Waals surface area contributed by atoms with Gasteiger partial charge in [0.15, 0.2) is 5.82 Å². The third-order valence-corrected chi connectivity index (χ3v) is 5.36. The number of anilines is 1. The fourth-order valence-electron chi connectivity index (χ4n) is 4.14. The van der Waals surface area contributed by atoms with Crippen LogP contribution in [-0.4, -0.2) is 20.2 Å². The summed E-state index contributed by atoms with van der Waals surface area (Å²) < 4.78 is 1.97. The van der Waals surface area contributed by atoms with Crippen LogP contribution in [-0.2, 0) is 6.54 Å². The lowest BCUT2D eigenvalue weighted by Crippen LogP contribution is -2.18. The Morgan fingerprint density at radius 2 is 2.19 bits per heavy atom. The van der Waals surface area contributed by atoms with Gasteiger partial charge in [-0.3, -0.25) is 0 Å². The standard InChI is InChI=1S/C16H21N5/c1-10-2-4-13(8-15(10)17)16-18-19-20-21(16)9-14-7-11-3-5-12(14)6-11/h2,4,8,11-12,14H,3,5-7,9,17H2,1H3. The Morgan fingerprint density at radius 3 is 2.90 bits per heavy atom. The minimum Gasteiger partial charge on any atom is -0.398 e. The van der Waals surface area contributed by atoms with Crippen LogP contribution in [0.4, 0.5) is 5.69 Å². The summed E-state index contributed by atoms with van der Waals surface area (Å²) in [5.41, 5.74) is 8.90. The Hall–Kier alpha value is -1.91. The van der Waals surface area contributed by atoms with Crippen LogP contribution in [0.15, 0.2) is 18.2 Å². The predicted molar refractivity (Wildman–Crippen MR) is 81.3 cm³/mol. The van der Waals surface area contributed by atoms with Gasteiger partial charge >= 0.3 is 0 Å². The van der Waals surface area contributed by atoms with Crippen LogP contribution in [0, 0.1) is 24.7 Å². The van der Waals surface area contributed by atoms with Gasteiger partial charge in [-0.25, -0.2) is 4.68 Å². The van der Waals surface area contributed by atoms with Gasteiger partial charge in [0.1, 0.15) is 0 Å². The molecule has 0 amide bonds. The first-order chi connectivity index (χ1) is 10.2. The van der Waals surface area contributed by atoms with Gasteiger partial charge < -0.3 is 5.73 Å². The Bertz CT molecular complexity index is 662. The third kappa shape index (κ3) is 2.20. The first-order valence-corrected chi connectivity index (χ1v) is 7.83. The summed E-state index contributed by atoms with van der Waals surface area (Å²) >= 11 is 0. The number of nitrogens with two attached hydrogens (primary N) is 1. The molecule has 2 bridgehead atoms. The molecule has 3 atom stereocenters. The van der Waals surface area contributed by atoms with Crippen LogP contribution in [0.1, 0.15) is 31.2 Å². The van der Waals surface area contributed by atoms with E-state index in [2.05, 4.69) is 21.6 Å². The zero-order valence-corrected chi connectivity index (χ0v) is 12.4. The molecule has 1 aromatic carbocycles. The van der Waals surface area contributed by atoms with Gasteiger partial charge in [-0.05, 0) is 66.0 Å². The van der Waals surface area contributed by atoms with Gasteiger partial charge in [-0.1, -0.05) is 18.6 Å². The highest BCUT2D eigenvalue weighted by Crippen LogP contribution is 2.48. The number of rotatable bonds is 3. The van der Waals surface area contributed by atoms with Crippen molar-refractivity contribution in [2.24, 2.45) is 17.8 Å². The third-order valence-electron chi connectivity index (χ3n) is 5.36. The fraction of sp³-hybridized carbons (Fsp3) is 0.562. The normalized spacial score (nSPS) is 27.4. The lowest BCUT2D eigenvalue weighted by molar-refractivity contribution is 0.284. The van der Waals surface area contributed by atoms with E-state index in [1.54, 1.807) is 0 Å². The molecule has 2 saturated carbocycles. The van der Waals surface area contributed by atoms with Gasteiger partial charge in [0.2, 0.25) is 0 Å². The summed E-state index contributed by atoms with van der Waals surface area (Å²) in [6.07, 6.45) is 5.59. The van der Waals surface area contributed by atoms with E-state index in [9.17, 15) is 0 Å². The minimum atomic E-state index is 0.744. The number of hydrogen-bond donors (Lipinski definition) is 1. The van der Waals surface area contributed by atoms with Crippen molar-refractivity contribution in [3.8, 4) is 11.4 Å². The lowest BCUT2D eigenvalue weighted by Gasteiger charge is -2.21. The highest BCUT2D eigenvalue weighted by Gasteiger charge is 2.39. The second-order valence-corrected chi connectivity index (χ2v) is 6.69. The number of nitrogen functional groups attached to an aromatic ring is 1. The summed E-state index contributed by atoms with van der Waals surface area (Å²) in [5, 5.41) is 12.3. The van der Waals surface area contributed by atoms with Crippen LogP contribution in [0.3, 0.4) is 0 Å². The first-order valence-electron chi connectivity index (χ1n) is 7.83. The molecule has 21 heavy (non-hydrogen) atoms. The molecule has 5 heteroatoms. The molecule has 2 aliphatic rings. The maximum atomic E-state index is 6.01. The van der Waals surface area contributed by atoms with E-state index in [-0.39, 0.29) is 0 Å². The molecule has 3 unspecified atom stereocenters. The second-order valence-electron chi connectivity index (χ2n) is 6.69. The molecule has 110 valence electrons. The molecule has 0 radical (unpaired) electrons. The van der Waals surface area contributed by atoms with Gasteiger partial charge in [0, 0.05) is 17.8 Å². The van der Waals surface area contributed by atoms with Crippen molar-refractivity contribution in [3.05, 3.63) is 23.8 Å². The highest BCUT2D eigenvalue weighted by molar-refractivity contribution is 5.63. The molecule has 0 saturated heterocycles. The Balaban J connectivity index is 1.60.